The Hall–Kier alpha value is -2.07. The number of hydrogen-bond acceptors (Lipinski definition) is 3. The number of ether oxygens (including phenoxy) is 2. The lowest BCUT2D eigenvalue weighted by molar-refractivity contribution is 0.395. The summed E-state index contributed by atoms with van der Waals surface area (Å²) in [5, 5.41) is 4.41. The summed E-state index contributed by atoms with van der Waals surface area (Å²) in [5.41, 5.74) is -0.706. The average molecular weight is 439 g/mol. The maximum Gasteiger partial charge on any atom is 0.186 e. The van der Waals surface area contributed by atoms with Crippen LogP contribution in [0.2, 0.25) is 0 Å². The van der Waals surface area contributed by atoms with Crippen molar-refractivity contribution in [3.63, 3.8) is 0 Å². The molecule has 0 aliphatic rings. The van der Waals surface area contributed by atoms with E-state index in [9.17, 15) is 17.6 Å². The van der Waals surface area contributed by atoms with Gasteiger partial charge in [-0.15, -0.1) is 0 Å². The summed E-state index contributed by atoms with van der Waals surface area (Å²) in [7, 11) is 2.87. The molecule has 0 radical (unpaired) electrons. The van der Waals surface area contributed by atoms with Gasteiger partial charge in [0, 0.05) is 6.07 Å². The molecule has 0 aliphatic carbocycles. The van der Waals surface area contributed by atoms with Gasteiger partial charge >= 0.3 is 0 Å². The Balaban J connectivity index is 2.28. The molecule has 2 aromatic rings. The van der Waals surface area contributed by atoms with Crippen LogP contribution in [-0.2, 0) is 0 Å². The SMILES string of the molecule is COc1ccc(NC(=S)Nc2c(F)c(F)c(Br)c(F)c2F)c(OC)c1. The van der Waals surface area contributed by atoms with E-state index in [4.69, 9.17) is 21.7 Å². The first kappa shape index (κ1) is 19.3. The fraction of sp³-hybridized carbons (Fsp3) is 0.133. The maximum atomic E-state index is 13.8. The number of rotatable bonds is 4. The van der Waals surface area contributed by atoms with E-state index in [-0.39, 0.29) is 5.11 Å². The molecule has 0 aliphatic heterocycles. The number of nitrogens with one attached hydrogen (secondary N) is 2. The molecule has 2 rings (SSSR count). The zero-order valence-electron chi connectivity index (χ0n) is 12.8. The van der Waals surface area contributed by atoms with E-state index >= 15 is 0 Å². The van der Waals surface area contributed by atoms with Gasteiger partial charge in [0.15, 0.2) is 28.4 Å². The Kier molecular flexibility index (Phi) is 6.07. The zero-order valence-corrected chi connectivity index (χ0v) is 15.2. The quantitative estimate of drug-likeness (QED) is 0.309. The Labute approximate surface area is 154 Å². The summed E-state index contributed by atoms with van der Waals surface area (Å²) >= 11 is 7.36. The minimum absolute atomic E-state index is 0.303. The van der Waals surface area contributed by atoms with Gasteiger partial charge in [-0.25, -0.2) is 17.6 Å². The molecule has 0 bridgehead atoms. The van der Waals surface area contributed by atoms with E-state index in [2.05, 4.69) is 26.6 Å². The third kappa shape index (κ3) is 3.96. The Morgan fingerprint density at radius 3 is 2.08 bits per heavy atom. The molecular weight excluding hydrogens is 428 g/mol. The molecular formula is C15H11BrF4N2O2S. The van der Waals surface area contributed by atoms with E-state index in [0.717, 1.165) is 0 Å². The molecule has 25 heavy (non-hydrogen) atoms. The highest BCUT2D eigenvalue weighted by Gasteiger charge is 2.24. The van der Waals surface area contributed by atoms with E-state index in [0.29, 0.717) is 17.2 Å². The van der Waals surface area contributed by atoms with Gasteiger partial charge in [-0.05, 0) is 40.3 Å². The van der Waals surface area contributed by atoms with Gasteiger partial charge in [-0.2, -0.15) is 0 Å². The first-order chi connectivity index (χ1) is 11.8. The van der Waals surface area contributed by atoms with Crippen molar-refractivity contribution in [1.82, 2.24) is 0 Å². The van der Waals surface area contributed by atoms with Crippen LogP contribution in [0.5, 0.6) is 11.5 Å². The predicted octanol–water partition coefficient (Wildman–Crippen LogP) is 4.83. The monoisotopic (exact) mass is 438 g/mol. The highest BCUT2D eigenvalue weighted by atomic mass is 79.9. The van der Waals surface area contributed by atoms with Gasteiger partial charge in [-0.3, -0.25) is 0 Å². The molecule has 0 unspecified atom stereocenters. The molecule has 0 spiro atoms. The summed E-state index contributed by atoms with van der Waals surface area (Å²) in [6.45, 7) is 0. The first-order valence-electron chi connectivity index (χ1n) is 6.61. The molecule has 2 N–H and O–H groups in total. The molecule has 134 valence electrons. The van der Waals surface area contributed by atoms with Crippen LogP contribution in [0.4, 0.5) is 28.9 Å². The second-order valence-electron chi connectivity index (χ2n) is 4.59. The summed E-state index contributed by atoms with van der Waals surface area (Å²) in [6, 6.07) is 4.68. The molecule has 2 aromatic carbocycles. The largest absolute Gasteiger partial charge is 0.497 e. The Morgan fingerprint density at radius 1 is 0.960 bits per heavy atom. The molecule has 0 saturated heterocycles. The number of anilines is 2. The van der Waals surface area contributed by atoms with Gasteiger partial charge in [0.2, 0.25) is 0 Å². The second-order valence-corrected chi connectivity index (χ2v) is 5.79. The minimum Gasteiger partial charge on any atom is -0.497 e. The fourth-order valence-electron chi connectivity index (χ4n) is 1.88. The first-order valence-corrected chi connectivity index (χ1v) is 7.81. The third-order valence-corrected chi connectivity index (χ3v) is 4.01. The highest BCUT2D eigenvalue weighted by molar-refractivity contribution is 9.10. The summed E-state index contributed by atoms with van der Waals surface area (Å²) < 4.78 is 64.0. The summed E-state index contributed by atoms with van der Waals surface area (Å²) in [6.07, 6.45) is 0. The highest BCUT2D eigenvalue weighted by Crippen LogP contribution is 2.32. The van der Waals surface area contributed by atoms with Crippen LogP contribution in [0, 0.1) is 23.3 Å². The van der Waals surface area contributed by atoms with Crippen LogP contribution >= 0.6 is 28.1 Å². The Bertz CT molecular complexity index is 807. The molecule has 0 heterocycles. The lowest BCUT2D eigenvalue weighted by Crippen LogP contribution is -2.22. The summed E-state index contributed by atoms with van der Waals surface area (Å²) in [5.74, 6) is -5.54. The van der Waals surface area contributed by atoms with Gasteiger partial charge in [0.05, 0.1) is 24.4 Å². The molecule has 0 fully saturated rings. The topological polar surface area (TPSA) is 42.5 Å². The molecule has 10 heteroatoms. The fourth-order valence-corrected chi connectivity index (χ4v) is 2.44. The van der Waals surface area contributed by atoms with Gasteiger partial charge in [0.1, 0.15) is 17.2 Å². The van der Waals surface area contributed by atoms with Crippen LogP contribution in [-0.4, -0.2) is 19.3 Å². The second kappa shape index (κ2) is 7.87. The van der Waals surface area contributed by atoms with Crippen molar-refractivity contribution in [2.45, 2.75) is 0 Å². The van der Waals surface area contributed by atoms with Crippen molar-refractivity contribution in [2.75, 3.05) is 24.9 Å². The van der Waals surface area contributed by atoms with Gasteiger partial charge in [-0.1, -0.05) is 0 Å². The van der Waals surface area contributed by atoms with E-state index in [1.165, 1.54) is 14.2 Å². The van der Waals surface area contributed by atoms with Crippen molar-refractivity contribution in [2.24, 2.45) is 0 Å². The minimum atomic E-state index is -1.61. The van der Waals surface area contributed by atoms with E-state index in [1.54, 1.807) is 18.2 Å². The van der Waals surface area contributed by atoms with Crippen LogP contribution in [0.3, 0.4) is 0 Å². The molecule has 4 nitrogen and oxygen atoms in total. The van der Waals surface area contributed by atoms with E-state index < -0.39 is 33.4 Å². The van der Waals surface area contributed by atoms with Crippen molar-refractivity contribution >= 4 is 44.6 Å². The number of hydrogen-bond donors (Lipinski definition) is 2. The number of methoxy groups -OCH3 is 2. The van der Waals surface area contributed by atoms with Gasteiger partial charge in [0.25, 0.3) is 0 Å². The van der Waals surface area contributed by atoms with Crippen LogP contribution in [0.1, 0.15) is 0 Å². The molecule has 0 aromatic heterocycles. The maximum absolute atomic E-state index is 13.8. The lowest BCUT2D eigenvalue weighted by atomic mass is 10.2. The third-order valence-electron chi connectivity index (χ3n) is 3.11. The number of halogens is 5. The Morgan fingerprint density at radius 2 is 1.56 bits per heavy atom. The molecule has 0 saturated carbocycles. The standard InChI is InChI=1S/C15H11BrF4N2O2S/c1-23-6-3-4-7(8(5-6)24-2)21-15(25)22-14-12(19)10(17)9(16)11(18)13(14)20/h3-5H,1-2H3,(H2,21,22,25). The predicted molar refractivity (Wildman–Crippen MR) is 93.4 cm³/mol. The average Bonchev–Trinajstić information content (AvgIpc) is 2.62. The summed E-state index contributed by atoms with van der Waals surface area (Å²) in [4.78, 5) is 0. The van der Waals surface area contributed by atoms with Crippen LogP contribution in [0.25, 0.3) is 0 Å². The number of benzene rings is 2. The van der Waals surface area contributed by atoms with Crippen molar-refractivity contribution in [1.29, 1.82) is 0 Å². The van der Waals surface area contributed by atoms with Crippen LogP contribution < -0.4 is 20.1 Å². The van der Waals surface area contributed by atoms with Crippen LogP contribution in [0.15, 0.2) is 22.7 Å². The van der Waals surface area contributed by atoms with Crippen molar-refractivity contribution in [3.05, 3.63) is 45.9 Å². The van der Waals surface area contributed by atoms with Crippen molar-refractivity contribution in [3.8, 4) is 11.5 Å². The van der Waals surface area contributed by atoms with Crippen molar-refractivity contribution < 1.29 is 27.0 Å². The number of thiocarbonyl (C=S) groups is 1. The zero-order chi connectivity index (χ0) is 18.7. The normalized spacial score (nSPS) is 10.4. The smallest absolute Gasteiger partial charge is 0.186 e. The van der Waals surface area contributed by atoms with Gasteiger partial charge < -0.3 is 20.1 Å². The molecule has 0 amide bonds. The van der Waals surface area contributed by atoms with E-state index in [1.807, 2.05) is 0 Å². The lowest BCUT2D eigenvalue weighted by Gasteiger charge is -2.15. The molecule has 0 atom stereocenters.